The molecule has 2 N–H and O–H groups in total. The van der Waals surface area contributed by atoms with E-state index in [0.29, 0.717) is 11.6 Å². The Kier molecular flexibility index (Phi) is 6.20. The Bertz CT molecular complexity index is 1430. The molecule has 4 aromatic rings. The summed E-state index contributed by atoms with van der Waals surface area (Å²) in [6, 6.07) is 11.6. The molecule has 0 radical (unpaired) electrons. The van der Waals surface area contributed by atoms with Gasteiger partial charge in [-0.15, -0.1) is 0 Å². The van der Waals surface area contributed by atoms with Gasteiger partial charge in [0, 0.05) is 29.4 Å². The molecule has 0 amide bonds. The van der Waals surface area contributed by atoms with Crippen LogP contribution in [0.5, 0.6) is 0 Å². The van der Waals surface area contributed by atoms with E-state index >= 15 is 0 Å². The zero-order valence-electron chi connectivity index (χ0n) is 17.8. The van der Waals surface area contributed by atoms with Crippen LogP contribution < -0.4 is 10.4 Å². The smallest absolute Gasteiger partial charge is 0.355 e. The Hall–Kier alpha value is -3.63. The second kappa shape index (κ2) is 8.96. The van der Waals surface area contributed by atoms with Gasteiger partial charge in [0.25, 0.3) is 0 Å². The highest BCUT2D eigenvalue weighted by Gasteiger charge is 2.39. The van der Waals surface area contributed by atoms with Crippen molar-refractivity contribution in [2.75, 3.05) is 24.5 Å². The number of halogens is 5. The molecule has 0 aliphatic carbocycles. The van der Waals surface area contributed by atoms with Gasteiger partial charge in [-0.05, 0) is 35.7 Å². The fourth-order valence-corrected chi connectivity index (χ4v) is 3.80. The molecule has 34 heavy (non-hydrogen) atoms. The van der Waals surface area contributed by atoms with Crippen molar-refractivity contribution in [3.8, 4) is 0 Å². The van der Waals surface area contributed by atoms with Crippen molar-refractivity contribution in [1.29, 1.82) is 5.41 Å². The van der Waals surface area contributed by atoms with Crippen LogP contribution in [0.3, 0.4) is 0 Å². The minimum atomic E-state index is -4.91. The SMILES string of the molecule is CON(C)c1cc2cccc(F)c2c2noc(/C(C=N)=C(/Nc3cccc(Cl)c3)C(F)(F)F)c12. The Morgan fingerprint density at radius 3 is 2.56 bits per heavy atom. The van der Waals surface area contributed by atoms with E-state index in [1.54, 1.807) is 12.1 Å². The van der Waals surface area contributed by atoms with Crippen LogP contribution in [0.2, 0.25) is 5.02 Å². The molecule has 0 aliphatic rings. The van der Waals surface area contributed by atoms with Crippen molar-refractivity contribution in [3.05, 3.63) is 70.8 Å². The summed E-state index contributed by atoms with van der Waals surface area (Å²) in [7, 11) is 2.89. The van der Waals surface area contributed by atoms with Crippen molar-refractivity contribution in [1.82, 2.24) is 5.16 Å². The first-order chi connectivity index (χ1) is 16.2. The largest absolute Gasteiger partial charge is 0.432 e. The molecule has 0 saturated carbocycles. The maximum Gasteiger partial charge on any atom is 0.432 e. The predicted octanol–water partition coefficient (Wildman–Crippen LogP) is 6.81. The molecule has 0 atom stereocenters. The highest BCUT2D eigenvalue weighted by molar-refractivity contribution is 6.30. The summed E-state index contributed by atoms with van der Waals surface area (Å²) in [5.74, 6) is -1.00. The first-order valence-corrected chi connectivity index (χ1v) is 10.2. The second-order valence-electron chi connectivity index (χ2n) is 7.22. The Morgan fingerprint density at radius 1 is 1.18 bits per heavy atom. The number of anilines is 2. The van der Waals surface area contributed by atoms with Crippen LogP contribution in [0.15, 0.2) is 58.8 Å². The van der Waals surface area contributed by atoms with E-state index in [1.807, 2.05) is 0 Å². The zero-order chi connectivity index (χ0) is 24.6. The molecular formula is C23H17ClF4N4O2. The number of alkyl halides is 3. The Morgan fingerprint density at radius 2 is 1.91 bits per heavy atom. The van der Waals surface area contributed by atoms with Crippen LogP contribution in [0.4, 0.5) is 28.9 Å². The zero-order valence-corrected chi connectivity index (χ0v) is 18.6. The molecule has 4 rings (SSSR count). The van der Waals surface area contributed by atoms with Crippen LogP contribution in [-0.2, 0) is 4.84 Å². The van der Waals surface area contributed by atoms with Gasteiger partial charge in [0.05, 0.1) is 23.8 Å². The average molecular weight is 493 g/mol. The number of fused-ring (bicyclic) bond motifs is 3. The number of aromatic nitrogens is 1. The van der Waals surface area contributed by atoms with Crippen LogP contribution in [0, 0.1) is 11.2 Å². The maximum atomic E-state index is 14.7. The molecule has 0 aliphatic heterocycles. The van der Waals surface area contributed by atoms with Gasteiger partial charge >= 0.3 is 6.18 Å². The standard InChI is InChI=1S/C23H17ClF4N4O2/c1-32(33-2)17-9-12-5-3-8-16(25)18(12)20-19(17)21(34-31-20)15(11-29)22(23(26,27)28)30-14-7-4-6-13(24)10-14/h3-11,29-30H,1-2H3/b22-15+,29-11?. The summed E-state index contributed by atoms with van der Waals surface area (Å²) in [4.78, 5) is 5.24. The Labute approximate surface area is 195 Å². The molecule has 176 valence electrons. The second-order valence-corrected chi connectivity index (χ2v) is 7.65. The van der Waals surface area contributed by atoms with E-state index in [9.17, 15) is 17.6 Å². The number of nitrogens with one attached hydrogen (secondary N) is 2. The van der Waals surface area contributed by atoms with Gasteiger partial charge in [0.15, 0.2) is 5.76 Å². The van der Waals surface area contributed by atoms with Gasteiger partial charge < -0.3 is 15.2 Å². The summed E-state index contributed by atoms with van der Waals surface area (Å²) in [6.07, 6.45) is -4.41. The molecule has 0 saturated heterocycles. The first-order valence-electron chi connectivity index (χ1n) is 9.79. The quantitative estimate of drug-likeness (QED) is 0.176. The fourth-order valence-electron chi connectivity index (χ4n) is 3.61. The summed E-state index contributed by atoms with van der Waals surface area (Å²) in [6.45, 7) is 0. The van der Waals surface area contributed by atoms with Crippen LogP contribution >= 0.6 is 11.6 Å². The van der Waals surface area contributed by atoms with Gasteiger partial charge in [0.1, 0.15) is 17.0 Å². The summed E-state index contributed by atoms with van der Waals surface area (Å²) in [5, 5.41) is 16.0. The normalized spacial score (nSPS) is 12.7. The van der Waals surface area contributed by atoms with Gasteiger partial charge in [-0.1, -0.05) is 35.0 Å². The lowest BCUT2D eigenvalue weighted by Gasteiger charge is -2.19. The number of rotatable bonds is 6. The van der Waals surface area contributed by atoms with Gasteiger partial charge in [-0.2, -0.15) is 13.2 Å². The number of hydroxylamine groups is 1. The first kappa shape index (κ1) is 23.5. The van der Waals surface area contributed by atoms with E-state index in [-0.39, 0.29) is 38.4 Å². The number of nitrogens with zero attached hydrogens (tertiary/aromatic N) is 2. The van der Waals surface area contributed by atoms with Crippen molar-refractivity contribution in [3.63, 3.8) is 0 Å². The van der Waals surface area contributed by atoms with Gasteiger partial charge in [-0.3, -0.25) is 9.90 Å². The number of allylic oxidation sites excluding steroid dienone is 2. The molecular weight excluding hydrogens is 476 g/mol. The third-order valence-electron chi connectivity index (χ3n) is 5.17. The lowest BCUT2D eigenvalue weighted by Crippen LogP contribution is -2.22. The van der Waals surface area contributed by atoms with Crippen LogP contribution in [0.25, 0.3) is 27.2 Å². The van der Waals surface area contributed by atoms with E-state index in [4.69, 9.17) is 26.4 Å². The predicted molar refractivity (Wildman–Crippen MR) is 124 cm³/mol. The van der Waals surface area contributed by atoms with E-state index in [0.717, 1.165) is 0 Å². The Balaban J connectivity index is 2.07. The lowest BCUT2D eigenvalue weighted by atomic mass is 10.0. The van der Waals surface area contributed by atoms with Gasteiger partial charge in [0.2, 0.25) is 0 Å². The molecule has 1 aromatic heterocycles. The maximum absolute atomic E-state index is 14.7. The van der Waals surface area contributed by atoms with E-state index in [2.05, 4.69) is 10.5 Å². The summed E-state index contributed by atoms with van der Waals surface area (Å²) >= 11 is 5.91. The fraction of sp³-hybridized carbons (Fsp3) is 0.130. The van der Waals surface area contributed by atoms with Crippen molar-refractivity contribution < 1.29 is 26.9 Å². The van der Waals surface area contributed by atoms with Crippen molar-refractivity contribution in [2.45, 2.75) is 6.18 Å². The highest BCUT2D eigenvalue weighted by Crippen LogP contribution is 2.41. The molecule has 0 spiro atoms. The summed E-state index contributed by atoms with van der Waals surface area (Å²) in [5.41, 5.74) is -1.60. The molecule has 0 fully saturated rings. The lowest BCUT2D eigenvalue weighted by molar-refractivity contribution is -0.0896. The number of benzene rings is 3. The van der Waals surface area contributed by atoms with Crippen LogP contribution in [-0.4, -0.2) is 31.7 Å². The van der Waals surface area contributed by atoms with Crippen LogP contribution in [0.1, 0.15) is 5.76 Å². The molecule has 3 aromatic carbocycles. The third kappa shape index (κ3) is 4.17. The topological polar surface area (TPSA) is 74.4 Å². The molecule has 0 bridgehead atoms. The minimum absolute atomic E-state index is 0.00636. The highest BCUT2D eigenvalue weighted by atomic mass is 35.5. The molecule has 11 heteroatoms. The minimum Gasteiger partial charge on any atom is -0.355 e. The van der Waals surface area contributed by atoms with E-state index < -0.39 is 23.3 Å². The molecule has 1 heterocycles. The third-order valence-corrected chi connectivity index (χ3v) is 5.41. The molecule has 6 nitrogen and oxygen atoms in total. The average Bonchev–Trinajstić information content (AvgIpc) is 3.22. The summed E-state index contributed by atoms with van der Waals surface area (Å²) < 4.78 is 62.5. The van der Waals surface area contributed by atoms with Crippen molar-refractivity contribution >= 4 is 56.4 Å². The van der Waals surface area contributed by atoms with Crippen molar-refractivity contribution in [2.24, 2.45) is 0 Å². The number of hydrogen-bond acceptors (Lipinski definition) is 6. The monoisotopic (exact) mass is 492 g/mol. The molecule has 0 unspecified atom stereocenters. The van der Waals surface area contributed by atoms with E-state index in [1.165, 1.54) is 55.6 Å². The van der Waals surface area contributed by atoms with Gasteiger partial charge in [-0.25, -0.2) is 4.39 Å². The number of hydrogen-bond donors (Lipinski definition) is 2.